The standard InChI is InChI=1S/C14H20FNO/c1-10(8-14(2,3)4)7-13(17)11-5-6-16-9-12(11)15/h5-6,9-10H,7-8H2,1-4H3. The van der Waals surface area contributed by atoms with E-state index in [0.717, 1.165) is 12.6 Å². The van der Waals surface area contributed by atoms with Crippen molar-refractivity contribution in [1.82, 2.24) is 4.98 Å². The van der Waals surface area contributed by atoms with Gasteiger partial charge in [0, 0.05) is 12.6 Å². The number of pyridine rings is 1. The summed E-state index contributed by atoms with van der Waals surface area (Å²) < 4.78 is 13.3. The molecule has 0 N–H and O–H groups in total. The number of ketones is 1. The molecule has 0 aliphatic heterocycles. The molecule has 3 heteroatoms. The van der Waals surface area contributed by atoms with Gasteiger partial charge >= 0.3 is 0 Å². The maximum atomic E-state index is 13.3. The lowest BCUT2D eigenvalue weighted by Crippen LogP contribution is -2.15. The van der Waals surface area contributed by atoms with Gasteiger partial charge in [-0.3, -0.25) is 9.78 Å². The van der Waals surface area contributed by atoms with E-state index in [0.29, 0.717) is 6.42 Å². The summed E-state index contributed by atoms with van der Waals surface area (Å²) in [6.45, 7) is 8.45. The Morgan fingerprint density at radius 3 is 2.65 bits per heavy atom. The van der Waals surface area contributed by atoms with Crippen molar-refractivity contribution >= 4 is 5.78 Å². The molecule has 0 saturated carbocycles. The van der Waals surface area contributed by atoms with E-state index in [2.05, 4.69) is 25.8 Å². The van der Waals surface area contributed by atoms with Crippen LogP contribution in [0.2, 0.25) is 0 Å². The number of hydrogen-bond donors (Lipinski definition) is 0. The Hall–Kier alpha value is -1.25. The highest BCUT2D eigenvalue weighted by Gasteiger charge is 2.19. The predicted octanol–water partition coefficient (Wildman–Crippen LogP) is 3.87. The van der Waals surface area contributed by atoms with Crippen LogP contribution in [0.5, 0.6) is 0 Å². The van der Waals surface area contributed by atoms with Gasteiger partial charge in [-0.1, -0.05) is 27.7 Å². The van der Waals surface area contributed by atoms with Gasteiger partial charge in [0.05, 0.1) is 11.8 Å². The molecule has 1 atom stereocenters. The van der Waals surface area contributed by atoms with Gasteiger partial charge in [0.25, 0.3) is 0 Å². The number of nitrogens with zero attached hydrogens (tertiary/aromatic N) is 1. The molecule has 0 aliphatic rings. The van der Waals surface area contributed by atoms with Crippen LogP contribution in [0.15, 0.2) is 18.5 Å². The molecule has 0 aliphatic carbocycles. The zero-order valence-electron chi connectivity index (χ0n) is 11.0. The second-order valence-corrected chi connectivity index (χ2v) is 5.85. The number of halogens is 1. The highest BCUT2D eigenvalue weighted by Crippen LogP contribution is 2.27. The van der Waals surface area contributed by atoms with E-state index in [-0.39, 0.29) is 22.7 Å². The van der Waals surface area contributed by atoms with Gasteiger partial charge in [-0.15, -0.1) is 0 Å². The van der Waals surface area contributed by atoms with Crippen molar-refractivity contribution in [2.75, 3.05) is 0 Å². The molecule has 0 spiro atoms. The molecule has 0 fully saturated rings. The Labute approximate surface area is 102 Å². The van der Waals surface area contributed by atoms with Crippen molar-refractivity contribution in [2.45, 2.75) is 40.5 Å². The van der Waals surface area contributed by atoms with Crippen LogP contribution >= 0.6 is 0 Å². The maximum Gasteiger partial charge on any atom is 0.166 e. The van der Waals surface area contributed by atoms with Gasteiger partial charge in [0.1, 0.15) is 0 Å². The zero-order valence-corrected chi connectivity index (χ0v) is 11.0. The Balaban J connectivity index is 2.64. The smallest absolute Gasteiger partial charge is 0.166 e. The van der Waals surface area contributed by atoms with Gasteiger partial charge < -0.3 is 0 Å². The van der Waals surface area contributed by atoms with E-state index in [9.17, 15) is 9.18 Å². The van der Waals surface area contributed by atoms with Gasteiger partial charge in [-0.05, 0) is 23.8 Å². The molecule has 17 heavy (non-hydrogen) atoms. The number of aromatic nitrogens is 1. The summed E-state index contributed by atoms with van der Waals surface area (Å²) in [5.41, 5.74) is 0.344. The summed E-state index contributed by atoms with van der Waals surface area (Å²) in [5, 5.41) is 0. The summed E-state index contributed by atoms with van der Waals surface area (Å²) in [6.07, 6.45) is 3.87. The topological polar surface area (TPSA) is 30.0 Å². The van der Waals surface area contributed by atoms with Crippen LogP contribution in [0.3, 0.4) is 0 Å². The molecule has 1 aromatic rings. The lowest BCUT2D eigenvalue weighted by atomic mass is 9.83. The molecule has 1 unspecified atom stereocenters. The summed E-state index contributed by atoms with van der Waals surface area (Å²) >= 11 is 0. The Morgan fingerprint density at radius 2 is 2.12 bits per heavy atom. The molecule has 1 rings (SSSR count). The predicted molar refractivity (Wildman–Crippen MR) is 66.4 cm³/mol. The second kappa shape index (κ2) is 5.39. The minimum Gasteiger partial charge on any atom is -0.294 e. The van der Waals surface area contributed by atoms with Crippen LogP contribution in [-0.4, -0.2) is 10.8 Å². The third kappa shape index (κ3) is 4.63. The molecule has 0 radical (unpaired) electrons. The second-order valence-electron chi connectivity index (χ2n) is 5.85. The van der Waals surface area contributed by atoms with Crippen LogP contribution in [0, 0.1) is 17.2 Å². The van der Waals surface area contributed by atoms with Gasteiger partial charge in [0.15, 0.2) is 11.6 Å². The summed E-state index contributed by atoms with van der Waals surface area (Å²) in [5.74, 6) is -0.405. The summed E-state index contributed by atoms with van der Waals surface area (Å²) in [6, 6.07) is 1.45. The maximum absolute atomic E-state index is 13.3. The van der Waals surface area contributed by atoms with Crippen molar-refractivity contribution in [1.29, 1.82) is 0 Å². The fourth-order valence-corrected chi connectivity index (χ4v) is 2.15. The van der Waals surface area contributed by atoms with Crippen molar-refractivity contribution in [2.24, 2.45) is 11.3 Å². The third-order valence-corrected chi connectivity index (χ3v) is 2.57. The minimum absolute atomic E-state index is 0.137. The van der Waals surface area contributed by atoms with Crippen LogP contribution in [0.25, 0.3) is 0 Å². The monoisotopic (exact) mass is 237 g/mol. The Morgan fingerprint density at radius 1 is 1.47 bits per heavy atom. The number of carbonyl (C=O) groups is 1. The lowest BCUT2D eigenvalue weighted by Gasteiger charge is -2.22. The lowest BCUT2D eigenvalue weighted by molar-refractivity contribution is 0.0950. The number of Topliss-reactive ketones (excluding diaryl/α,β-unsaturated/α-hetero) is 1. The van der Waals surface area contributed by atoms with E-state index in [1.165, 1.54) is 12.3 Å². The van der Waals surface area contributed by atoms with E-state index in [1.54, 1.807) is 0 Å². The van der Waals surface area contributed by atoms with Crippen LogP contribution in [0.4, 0.5) is 4.39 Å². The highest BCUT2D eigenvalue weighted by molar-refractivity contribution is 5.96. The molecule has 0 amide bonds. The zero-order chi connectivity index (χ0) is 13.1. The third-order valence-electron chi connectivity index (χ3n) is 2.57. The molecule has 0 bridgehead atoms. The molecule has 0 aromatic carbocycles. The first-order valence-electron chi connectivity index (χ1n) is 5.92. The number of carbonyl (C=O) groups excluding carboxylic acids is 1. The van der Waals surface area contributed by atoms with E-state index in [1.807, 2.05) is 6.92 Å². The Kier molecular flexibility index (Phi) is 4.38. The molecular formula is C14H20FNO. The first-order valence-corrected chi connectivity index (χ1v) is 5.92. The van der Waals surface area contributed by atoms with Crippen LogP contribution < -0.4 is 0 Å². The van der Waals surface area contributed by atoms with Crippen LogP contribution in [0.1, 0.15) is 50.9 Å². The van der Waals surface area contributed by atoms with Gasteiger partial charge in [-0.25, -0.2) is 4.39 Å². The molecular weight excluding hydrogens is 217 g/mol. The Bertz CT molecular complexity index is 395. The molecule has 1 aromatic heterocycles. The van der Waals surface area contributed by atoms with Crippen molar-refractivity contribution in [3.05, 3.63) is 29.8 Å². The summed E-state index contributed by atoms with van der Waals surface area (Å²) in [7, 11) is 0. The number of hydrogen-bond acceptors (Lipinski definition) is 2. The normalized spacial score (nSPS) is 13.5. The van der Waals surface area contributed by atoms with Gasteiger partial charge in [-0.2, -0.15) is 0 Å². The van der Waals surface area contributed by atoms with E-state index >= 15 is 0 Å². The molecule has 1 heterocycles. The molecule has 0 saturated heterocycles. The van der Waals surface area contributed by atoms with E-state index < -0.39 is 5.82 Å². The fraction of sp³-hybridized carbons (Fsp3) is 0.571. The first kappa shape index (κ1) is 13.8. The van der Waals surface area contributed by atoms with Crippen molar-refractivity contribution < 1.29 is 9.18 Å². The van der Waals surface area contributed by atoms with E-state index in [4.69, 9.17) is 0 Å². The summed E-state index contributed by atoms with van der Waals surface area (Å²) in [4.78, 5) is 15.5. The average molecular weight is 237 g/mol. The number of rotatable bonds is 4. The van der Waals surface area contributed by atoms with Crippen molar-refractivity contribution in [3.8, 4) is 0 Å². The highest BCUT2D eigenvalue weighted by atomic mass is 19.1. The molecule has 2 nitrogen and oxygen atoms in total. The first-order chi connectivity index (χ1) is 7.79. The fourth-order valence-electron chi connectivity index (χ4n) is 2.15. The average Bonchev–Trinajstić information content (AvgIpc) is 2.14. The largest absolute Gasteiger partial charge is 0.294 e. The van der Waals surface area contributed by atoms with Crippen LogP contribution in [-0.2, 0) is 0 Å². The van der Waals surface area contributed by atoms with Crippen molar-refractivity contribution in [3.63, 3.8) is 0 Å². The minimum atomic E-state index is -0.527. The quantitative estimate of drug-likeness (QED) is 0.744. The van der Waals surface area contributed by atoms with Gasteiger partial charge in [0.2, 0.25) is 0 Å². The molecule has 94 valence electrons. The SMILES string of the molecule is CC(CC(=O)c1ccncc1F)CC(C)(C)C.